The monoisotopic (exact) mass is 518 g/mol. The van der Waals surface area contributed by atoms with Gasteiger partial charge in [0.15, 0.2) is 0 Å². The number of hydrogen-bond donors (Lipinski definition) is 3. The van der Waals surface area contributed by atoms with Crippen molar-refractivity contribution in [2.24, 2.45) is 5.92 Å². The van der Waals surface area contributed by atoms with Gasteiger partial charge in [-0.3, -0.25) is 24.6 Å². The molecule has 0 aliphatic carbocycles. The Labute approximate surface area is 222 Å². The molecule has 0 bridgehead atoms. The normalized spacial score (nSPS) is 21.1. The summed E-state index contributed by atoms with van der Waals surface area (Å²) >= 11 is 0. The summed E-state index contributed by atoms with van der Waals surface area (Å²) in [5.41, 5.74) is 3.97. The topological polar surface area (TPSA) is 121 Å². The first-order valence-electron chi connectivity index (χ1n) is 12.7. The van der Waals surface area contributed by atoms with Crippen LogP contribution in [0.4, 0.5) is 0 Å². The minimum Gasteiger partial charge on any atom is -0.489 e. The Morgan fingerprint density at radius 1 is 1.16 bits per heavy atom. The number of fused-ring (bicyclic) bond motifs is 1. The maximum absolute atomic E-state index is 13.2. The molecule has 0 spiro atoms. The standard InChI is InChI=1S/C29H34N4O5/c1-18-13-23(25-7-5-6-8-26(25)30-18)17-38-24-11-9-22(10-12-24)28(36)31-29(4)16-21(15-27(35)32-37)14-19(2)33(29)20(3)34/h5-13,19,21,37H,14-17H2,1-4H3,(H,31,36)(H,32,35). The third-order valence-corrected chi connectivity index (χ3v) is 7.09. The molecule has 4 rings (SSSR count). The Hall–Kier alpha value is -3.98. The molecule has 38 heavy (non-hydrogen) atoms. The van der Waals surface area contributed by atoms with E-state index >= 15 is 0 Å². The fourth-order valence-corrected chi connectivity index (χ4v) is 5.75. The van der Waals surface area contributed by atoms with E-state index in [1.807, 2.05) is 44.2 Å². The summed E-state index contributed by atoms with van der Waals surface area (Å²) in [5, 5.41) is 13.0. The number of pyridine rings is 1. The first-order valence-corrected chi connectivity index (χ1v) is 12.7. The van der Waals surface area contributed by atoms with Gasteiger partial charge >= 0.3 is 0 Å². The molecule has 2 heterocycles. The largest absolute Gasteiger partial charge is 0.489 e. The SMILES string of the molecule is CC(=O)N1C(C)CC(CC(=O)NO)CC1(C)NC(=O)c1ccc(OCc2cc(C)nc3ccccc23)cc1. The van der Waals surface area contributed by atoms with E-state index in [0.29, 0.717) is 30.8 Å². The van der Waals surface area contributed by atoms with Gasteiger partial charge in [0, 0.05) is 41.6 Å². The van der Waals surface area contributed by atoms with Crippen molar-refractivity contribution in [1.29, 1.82) is 0 Å². The van der Waals surface area contributed by atoms with Gasteiger partial charge in [0.1, 0.15) is 18.0 Å². The predicted octanol–water partition coefficient (Wildman–Crippen LogP) is 4.11. The first kappa shape index (κ1) is 27.1. The van der Waals surface area contributed by atoms with Gasteiger partial charge in [-0.15, -0.1) is 0 Å². The zero-order chi connectivity index (χ0) is 27.4. The van der Waals surface area contributed by atoms with E-state index in [2.05, 4.69) is 10.3 Å². The van der Waals surface area contributed by atoms with Crippen molar-refractivity contribution in [3.63, 3.8) is 0 Å². The first-order chi connectivity index (χ1) is 18.1. The lowest BCUT2D eigenvalue weighted by Gasteiger charge is -2.51. The van der Waals surface area contributed by atoms with Crippen LogP contribution < -0.4 is 15.5 Å². The number of nitrogens with one attached hydrogen (secondary N) is 2. The lowest BCUT2D eigenvalue weighted by molar-refractivity contribution is -0.145. The molecule has 1 aliphatic rings. The number of hydroxylamine groups is 1. The number of rotatable bonds is 7. The summed E-state index contributed by atoms with van der Waals surface area (Å²) in [6, 6.07) is 16.6. The van der Waals surface area contributed by atoms with Gasteiger partial charge in [0.25, 0.3) is 5.91 Å². The van der Waals surface area contributed by atoms with Gasteiger partial charge in [-0.05, 0) is 75.9 Å². The number of ether oxygens (including phenoxy) is 1. The van der Waals surface area contributed by atoms with Crippen molar-refractivity contribution >= 4 is 28.6 Å². The number of likely N-dealkylation sites (tertiary alicyclic amines) is 1. The van der Waals surface area contributed by atoms with E-state index in [1.54, 1.807) is 41.6 Å². The number of carbonyl (C=O) groups is 3. The van der Waals surface area contributed by atoms with Crippen LogP contribution in [-0.4, -0.2) is 44.5 Å². The van der Waals surface area contributed by atoms with Gasteiger partial charge in [0.05, 0.1) is 5.52 Å². The highest BCUT2D eigenvalue weighted by Crippen LogP contribution is 2.36. The molecule has 3 unspecified atom stereocenters. The summed E-state index contributed by atoms with van der Waals surface area (Å²) in [7, 11) is 0. The van der Waals surface area contributed by atoms with Crippen LogP contribution in [0.2, 0.25) is 0 Å². The second-order valence-corrected chi connectivity index (χ2v) is 10.3. The third-order valence-electron chi connectivity index (χ3n) is 7.09. The number of aromatic nitrogens is 1. The van der Waals surface area contributed by atoms with Gasteiger partial charge in [0.2, 0.25) is 11.8 Å². The molecule has 0 saturated carbocycles. The highest BCUT2D eigenvalue weighted by molar-refractivity contribution is 5.95. The van der Waals surface area contributed by atoms with Gasteiger partial charge in [-0.2, -0.15) is 0 Å². The van der Waals surface area contributed by atoms with Crippen molar-refractivity contribution in [2.75, 3.05) is 0 Å². The molecular weight excluding hydrogens is 484 g/mol. The van der Waals surface area contributed by atoms with E-state index in [1.165, 1.54) is 6.92 Å². The molecule has 3 amide bonds. The van der Waals surface area contributed by atoms with Crippen LogP contribution in [0, 0.1) is 12.8 Å². The summed E-state index contributed by atoms with van der Waals surface area (Å²) in [6.07, 6.45) is 1.09. The third kappa shape index (κ3) is 5.94. The number of carbonyl (C=O) groups excluding carboxylic acids is 3. The summed E-state index contributed by atoms with van der Waals surface area (Å²) in [5.74, 6) is -0.467. The predicted molar refractivity (Wildman–Crippen MR) is 142 cm³/mol. The Bertz CT molecular complexity index is 1340. The number of piperidine rings is 1. The molecule has 3 atom stereocenters. The minimum absolute atomic E-state index is 0.108. The Morgan fingerprint density at radius 3 is 2.55 bits per heavy atom. The highest BCUT2D eigenvalue weighted by atomic mass is 16.5. The summed E-state index contributed by atoms with van der Waals surface area (Å²) in [4.78, 5) is 43.7. The van der Waals surface area contributed by atoms with Crippen molar-refractivity contribution in [1.82, 2.24) is 20.7 Å². The Balaban J connectivity index is 1.46. The Morgan fingerprint density at radius 2 is 1.87 bits per heavy atom. The molecule has 0 radical (unpaired) electrons. The molecule has 9 nitrogen and oxygen atoms in total. The fraction of sp³-hybridized carbons (Fsp3) is 0.379. The molecule has 3 aromatic rings. The van der Waals surface area contributed by atoms with Crippen molar-refractivity contribution in [3.8, 4) is 5.75 Å². The molecular formula is C29H34N4O5. The van der Waals surface area contributed by atoms with Gasteiger partial charge in [-0.1, -0.05) is 18.2 Å². The van der Waals surface area contributed by atoms with E-state index in [-0.39, 0.29) is 30.2 Å². The smallest absolute Gasteiger partial charge is 0.253 e. The van der Waals surface area contributed by atoms with Crippen LogP contribution in [0.5, 0.6) is 5.75 Å². The van der Waals surface area contributed by atoms with E-state index in [0.717, 1.165) is 22.2 Å². The minimum atomic E-state index is -0.990. The average Bonchev–Trinajstić information content (AvgIpc) is 2.86. The highest BCUT2D eigenvalue weighted by Gasteiger charge is 2.45. The molecule has 1 fully saturated rings. The van der Waals surface area contributed by atoms with Gasteiger partial charge < -0.3 is 15.0 Å². The molecule has 1 aliphatic heterocycles. The molecule has 2 aromatic carbocycles. The van der Waals surface area contributed by atoms with Crippen LogP contribution in [0.3, 0.4) is 0 Å². The molecule has 9 heteroatoms. The lowest BCUT2D eigenvalue weighted by atomic mass is 9.81. The van der Waals surface area contributed by atoms with Gasteiger partial charge in [-0.25, -0.2) is 5.48 Å². The quantitative estimate of drug-likeness (QED) is 0.320. The van der Waals surface area contributed by atoms with Crippen LogP contribution in [0.1, 0.15) is 61.6 Å². The average molecular weight is 519 g/mol. The van der Waals surface area contributed by atoms with Crippen LogP contribution in [0.15, 0.2) is 54.6 Å². The lowest BCUT2D eigenvalue weighted by Crippen LogP contribution is -2.66. The maximum atomic E-state index is 13.2. The number of nitrogens with zero attached hydrogens (tertiary/aromatic N) is 2. The van der Waals surface area contributed by atoms with E-state index in [9.17, 15) is 14.4 Å². The van der Waals surface area contributed by atoms with E-state index in [4.69, 9.17) is 9.94 Å². The summed E-state index contributed by atoms with van der Waals surface area (Å²) in [6.45, 7) is 7.48. The van der Waals surface area contributed by atoms with Crippen molar-refractivity contribution < 1.29 is 24.3 Å². The molecule has 3 N–H and O–H groups in total. The number of hydrogen-bond acceptors (Lipinski definition) is 6. The van der Waals surface area contributed by atoms with Crippen LogP contribution >= 0.6 is 0 Å². The zero-order valence-electron chi connectivity index (χ0n) is 22.2. The van der Waals surface area contributed by atoms with Crippen LogP contribution in [0.25, 0.3) is 10.9 Å². The maximum Gasteiger partial charge on any atom is 0.253 e. The number of benzene rings is 2. The fourth-order valence-electron chi connectivity index (χ4n) is 5.75. The Kier molecular flexibility index (Phi) is 7.97. The van der Waals surface area contributed by atoms with Crippen LogP contribution in [-0.2, 0) is 16.2 Å². The summed E-state index contributed by atoms with van der Waals surface area (Å²) < 4.78 is 6.01. The second kappa shape index (κ2) is 11.2. The second-order valence-electron chi connectivity index (χ2n) is 10.3. The molecule has 1 aromatic heterocycles. The molecule has 200 valence electrons. The van der Waals surface area contributed by atoms with Crippen molar-refractivity contribution in [2.45, 2.75) is 65.3 Å². The number of aryl methyl sites for hydroxylation is 1. The number of amides is 3. The van der Waals surface area contributed by atoms with Crippen molar-refractivity contribution in [3.05, 3.63) is 71.4 Å². The number of para-hydroxylation sites is 1. The zero-order valence-corrected chi connectivity index (χ0v) is 22.2. The van der Waals surface area contributed by atoms with E-state index < -0.39 is 11.6 Å². The molecule has 1 saturated heterocycles.